The number of carbonyl (C=O) groups excluding carboxylic acids is 3. The van der Waals surface area contributed by atoms with E-state index < -0.39 is 86.5 Å². The first-order valence-corrected chi connectivity index (χ1v) is 13.8. The molecule has 0 radical (unpaired) electrons. The molecule has 0 heterocycles. The number of aliphatic hydroxyl groups is 4. The summed E-state index contributed by atoms with van der Waals surface area (Å²) >= 11 is 0. The topological polar surface area (TPSA) is 217 Å². The molecule has 43 heavy (non-hydrogen) atoms. The van der Waals surface area contributed by atoms with Crippen LogP contribution in [0.4, 0.5) is 0 Å². The van der Waals surface area contributed by atoms with Crippen LogP contribution >= 0.6 is 0 Å². The molecule has 2 saturated carbocycles. The minimum Gasteiger partial charge on any atom is -0.508 e. The Morgan fingerprint density at radius 2 is 1.70 bits per heavy atom. The van der Waals surface area contributed by atoms with Crippen LogP contribution in [0.5, 0.6) is 5.75 Å². The molecule has 0 unspecified atom stereocenters. The number of aliphatic carboxylic acids is 1. The van der Waals surface area contributed by atoms with E-state index in [9.17, 15) is 49.8 Å². The molecular weight excluding hydrogens is 573 g/mol. The Balaban J connectivity index is 0.00000423. The molecule has 1 aromatic carbocycles. The third-order valence-corrected chi connectivity index (χ3v) is 9.54. The minimum atomic E-state index is -2.84. The molecule has 8 N–H and O–H groups in total. The number of benzene rings is 1. The summed E-state index contributed by atoms with van der Waals surface area (Å²) in [6, 6.07) is 2.91. The summed E-state index contributed by atoms with van der Waals surface area (Å²) < 4.78 is 0. The fourth-order valence-corrected chi connectivity index (χ4v) is 7.31. The van der Waals surface area contributed by atoms with Crippen molar-refractivity contribution in [1.82, 2.24) is 15.5 Å². The summed E-state index contributed by atoms with van der Waals surface area (Å²) in [5.41, 5.74) is -7.30. The van der Waals surface area contributed by atoms with Crippen molar-refractivity contribution in [1.29, 1.82) is 0 Å². The predicted octanol–water partition coefficient (Wildman–Crippen LogP) is -2.79. The summed E-state index contributed by atoms with van der Waals surface area (Å²) in [5, 5.41) is 71.4. The van der Waals surface area contributed by atoms with E-state index in [0.29, 0.717) is 25.7 Å². The molecule has 0 saturated heterocycles. The first-order valence-electron chi connectivity index (χ1n) is 13.8. The number of aliphatic hydroxyl groups excluding tert-OH is 2. The molecule has 1 aromatic rings. The van der Waals surface area contributed by atoms with Crippen molar-refractivity contribution in [3.8, 4) is 5.75 Å². The Morgan fingerprint density at radius 3 is 2.28 bits per heavy atom. The van der Waals surface area contributed by atoms with Crippen molar-refractivity contribution >= 4 is 29.2 Å². The third-order valence-electron chi connectivity index (χ3n) is 9.54. The Bertz CT molecular complexity index is 1460. The number of carboxylic acids is 1. The van der Waals surface area contributed by atoms with Crippen LogP contribution in [-0.4, -0.2) is 96.9 Å². The molecule has 0 aliphatic heterocycles. The molecule has 0 aromatic heterocycles. The van der Waals surface area contributed by atoms with Gasteiger partial charge in [0.1, 0.15) is 28.4 Å². The van der Waals surface area contributed by atoms with E-state index in [-0.39, 0.29) is 53.8 Å². The van der Waals surface area contributed by atoms with E-state index in [2.05, 4.69) is 10.6 Å². The number of amides is 1. The molecule has 4 aliphatic carbocycles. The van der Waals surface area contributed by atoms with Crippen molar-refractivity contribution in [3.63, 3.8) is 0 Å². The van der Waals surface area contributed by atoms with Gasteiger partial charge < -0.3 is 36.0 Å². The van der Waals surface area contributed by atoms with Crippen LogP contribution in [0.25, 0.3) is 5.76 Å². The number of hydrogen-bond acceptors (Lipinski definition) is 11. The van der Waals surface area contributed by atoms with Crippen LogP contribution in [0, 0.1) is 11.8 Å². The van der Waals surface area contributed by atoms with Crippen molar-refractivity contribution in [3.05, 3.63) is 46.2 Å². The summed E-state index contributed by atoms with van der Waals surface area (Å²) in [4.78, 5) is 54.4. The number of aromatic hydroxyl groups is 1. The molecule has 13 nitrogen and oxygen atoms in total. The average molecular weight is 609 g/mol. The van der Waals surface area contributed by atoms with Crippen molar-refractivity contribution < 1.29 is 79.4 Å². The fraction of sp³-hybridized carbons (Fsp3) is 0.517. The summed E-state index contributed by atoms with van der Waals surface area (Å²) in [7, 11) is 3.00. The van der Waals surface area contributed by atoms with Gasteiger partial charge in [0.2, 0.25) is 5.78 Å². The van der Waals surface area contributed by atoms with Gasteiger partial charge in [-0.15, -0.1) is 0 Å². The third kappa shape index (κ3) is 4.73. The molecule has 0 spiro atoms. The normalized spacial score (nSPS) is 31.3. The van der Waals surface area contributed by atoms with E-state index in [4.69, 9.17) is 0 Å². The van der Waals surface area contributed by atoms with Crippen molar-refractivity contribution in [2.75, 3.05) is 20.8 Å². The monoisotopic (exact) mass is 608 g/mol. The van der Waals surface area contributed by atoms with Gasteiger partial charge in [-0.25, -0.2) is 0 Å². The Morgan fingerprint density at radius 1 is 1.07 bits per heavy atom. The van der Waals surface area contributed by atoms with Gasteiger partial charge in [0.15, 0.2) is 11.4 Å². The Hall–Kier alpha value is -2.78. The average Bonchev–Trinajstić information content (AvgIpc) is 3.39. The molecule has 14 heteroatoms. The zero-order valence-electron chi connectivity index (χ0n) is 24.5. The fourth-order valence-electron chi connectivity index (χ4n) is 7.31. The van der Waals surface area contributed by atoms with Gasteiger partial charge in [-0.05, 0) is 51.9 Å². The van der Waals surface area contributed by atoms with Crippen LogP contribution in [0.15, 0.2) is 35.1 Å². The zero-order chi connectivity index (χ0) is 30.9. The van der Waals surface area contributed by atoms with E-state index in [1.165, 1.54) is 44.1 Å². The van der Waals surface area contributed by atoms with Gasteiger partial charge in [0.25, 0.3) is 5.91 Å². The minimum absolute atomic E-state index is 0. The summed E-state index contributed by atoms with van der Waals surface area (Å²) in [5.74, 6) is -9.08. The number of carbonyl (C=O) groups is 4. The molecule has 5 atom stereocenters. The maximum absolute atomic E-state index is 14.1. The maximum Gasteiger partial charge on any atom is 1.00 e. The Kier molecular flexibility index (Phi) is 8.70. The van der Waals surface area contributed by atoms with Crippen LogP contribution in [0.3, 0.4) is 0 Å². The number of phenols is 1. The van der Waals surface area contributed by atoms with E-state index >= 15 is 0 Å². The van der Waals surface area contributed by atoms with Crippen LogP contribution < -0.4 is 40.2 Å². The number of carboxylic acid groups (broad SMARTS) is 1. The van der Waals surface area contributed by atoms with Crippen molar-refractivity contribution in [2.24, 2.45) is 11.8 Å². The van der Waals surface area contributed by atoms with Gasteiger partial charge in [0, 0.05) is 17.4 Å². The molecule has 4 aliphatic rings. The van der Waals surface area contributed by atoms with Crippen LogP contribution in [-0.2, 0) is 24.8 Å². The predicted molar refractivity (Wildman–Crippen MR) is 146 cm³/mol. The number of hydrogen-bond donors (Lipinski definition) is 8. The summed E-state index contributed by atoms with van der Waals surface area (Å²) in [6.45, 7) is 1.02. The van der Waals surface area contributed by atoms with Gasteiger partial charge in [-0.1, -0.05) is 25.0 Å². The molecule has 226 valence electrons. The van der Waals surface area contributed by atoms with E-state index in [1.807, 2.05) is 0 Å². The number of Topliss-reactive ketones (excluding diaryl/α,β-unsaturated/α-hetero) is 2. The second-order valence-electron chi connectivity index (χ2n) is 12.0. The number of nitrogens with zero attached hydrogens (tertiary/aromatic N) is 1. The van der Waals surface area contributed by atoms with Crippen LogP contribution in [0.1, 0.15) is 50.2 Å². The SMILES string of the molecule is CN(C)[C@@H]1C(=O)C(C(=O)NCNC2(C(=O)O)CCCC2)=C(O)[C@@]2(O)C(=O)C3=C(O)c4c(O)cccc4[C@@](C)(O)[C@H]3C[C@@H]12.[Na+]. The van der Waals surface area contributed by atoms with Crippen molar-refractivity contribution in [2.45, 2.75) is 61.8 Å². The number of nitrogens with one attached hydrogen (secondary N) is 2. The van der Waals surface area contributed by atoms with Crippen LogP contribution in [0.2, 0.25) is 0 Å². The standard InChI is InChI=1S/C29H35N3O10.Na/c1-27(41)13-7-6-8-16(33)17(13)21(34)18-14(27)11-15-20(32(2)3)22(35)19(24(37)29(15,42)23(18)36)25(38)30-12-31-28(26(39)40)9-4-5-10-28;/h6-8,14-15,20,31,33-34,37,41-42H,4-5,9-12H2,1-3H3,(H,30,38)(H,39,40);/q;+1/t14-,15-,20-,27+,29-;/m0./s1. The molecule has 2 fully saturated rings. The maximum atomic E-state index is 14.1. The molecule has 1 amide bonds. The zero-order valence-corrected chi connectivity index (χ0v) is 26.5. The first kappa shape index (κ1) is 33.1. The number of likely N-dealkylation sites (N-methyl/N-ethyl adjacent to an activating group) is 1. The van der Waals surface area contributed by atoms with E-state index in [0.717, 1.165) is 0 Å². The molecule has 0 bridgehead atoms. The largest absolute Gasteiger partial charge is 1.00 e. The van der Waals surface area contributed by atoms with Gasteiger partial charge in [-0.3, -0.25) is 29.4 Å². The Labute approximate surface area is 269 Å². The van der Waals surface area contributed by atoms with Gasteiger partial charge >= 0.3 is 35.5 Å². The second kappa shape index (κ2) is 11.3. The molecule has 5 rings (SSSR count). The summed E-state index contributed by atoms with van der Waals surface area (Å²) in [6.07, 6.45) is 1.78. The quantitative estimate of drug-likeness (QED) is 0.0934. The smallest absolute Gasteiger partial charge is 0.508 e. The number of ketones is 2. The number of phenolic OH excluding ortho intramolecular Hbond substituents is 1. The van der Waals surface area contributed by atoms with Gasteiger partial charge in [-0.2, -0.15) is 0 Å². The number of fused-ring (bicyclic) bond motifs is 3. The number of rotatable bonds is 6. The molecular formula is C29H35N3NaO10+. The van der Waals surface area contributed by atoms with E-state index in [1.54, 1.807) is 0 Å². The first-order chi connectivity index (χ1) is 19.6. The second-order valence-corrected chi connectivity index (χ2v) is 12.0. The van der Waals surface area contributed by atoms with Gasteiger partial charge in [0.05, 0.1) is 23.9 Å².